The second-order valence-corrected chi connectivity index (χ2v) is 8.39. The Hall–Kier alpha value is -4.08. The van der Waals surface area contributed by atoms with Gasteiger partial charge < -0.3 is 9.80 Å². The topological polar surface area (TPSA) is 97.9 Å². The SMILES string of the molecule is CC[C@@]12CCCN1c1nc(-n3ccnc3-c3cccc(-n4cncn4)c3)ncc1N(C)C2=O. The number of fused-ring (bicyclic) bond motifs is 3. The maximum absolute atomic E-state index is 13.2. The summed E-state index contributed by atoms with van der Waals surface area (Å²) in [7, 11) is 1.82. The number of amides is 1. The van der Waals surface area contributed by atoms with Crippen molar-refractivity contribution in [2.24, 2.45) is 0 Å². The van der Waals surface area contributed by atoms with Gasteiger partial charge in [-0.05, 0) is 31.4 Å². The fourth-order valence-corrected chi connectivity index (χ4v) is 5.07. The summed E-state index contributed by atoms with van der Waals surface area (Å²) >= 11 is 0. The van der Waals surface area contributed by atoms with Crippen LogP contribution in [0.2, 0.25) is 0 Å². The van der Waals surface area contributed by atoms with Crippen molar-refractivity contribution in [2.45, 2.75) is 31.7 Å². The Morgan fingerprint density at radius 1 is 1.21 bits per heavy atom. The van der Waals surface area contributed by atoms with Crippen LogP contribution >= 0.6 is 0 Å². The second kappa shape index (κ2) is 7.22. The molecule has 0 saturated carbocycles. The van der Waals surface area contributed by atoms with Crippen LogP contribution in [-0.4, -0.2) is 59.3 Å². The molecule has 2 aliphatic rings. The Morgan fingerprint density at radius 3 is 2.94 bits per heavy atom. The summed E-state index contributed by atoms with van der Waals surface area (Å²) in [6.07, 6.45) is 11.1. The zero-order chi connectivity index (χ0) is 22.6. The van der Waals surface area contributed by atoms with Gasteiger partial charge in [0.2, 0.25) is 5.95 Å². The fraction of sp³-hybridized carbons (Fsp3) is 0.304. The Balaban J connectivity index is 1.45. The van der Waals surface area contributed by atoms with Gasteiger partial charge in [-0.3, -0.25) is 9.36 Å². The first-order valence-electron chi connectivity index (χ1n) is 11.0. The van der Waals surface area contributed by atoms with Crippen molar-refractivity contribution in [3.63, 3.8) is 0 Å². The van der Waals surface area contributed by atoms with E-state index in [0.29, 0.717) is 5.95 Å². The molecule has 6 rings (SSSR count). The number of aromatic nitrogens is 7. The Kier molecular flexibility index (Phi) is 4.29. The standard InChI is InChI=1S/C23H23N9O/c1-3-23-8-5-10-31(23)20-18(29(2)21(23)33)13-26-22(28-20)30-11-9-25-19(30)16-6-4-7-17(12-16)32-15-24-14-27-32/h4,6-7,9,11-15H,3,5,8,10H2,1-2H3/t23-/m0/s1. The molecule has 5 heterocycles. The van der Waals surface area contributed by atoms with Crippen LogP contribution in [0, 0.1) is 0 Å². The van der Waals surface area contributed by atoms with E-state index in [1.807, 2.05) is 42.1 Å². The van der Waals surface area contributed by atoms with Crippen LogP contribution in [0.25, 0.3) is 23.0 Å². The van der Waals surface area contributed by atoms with Gasteiger partial charge in [0.15, 0.2) is 5.82 Å². The lowest BCUT2D eigenvalue weighted by molar-refractivity contribution is -0.123. The van der Waals surface area contributed by atoms with Crippen LogP contribution in [0.1, 0.15) is 26.2 Å². The number of benzene rings is 1. The van der Waals surface area contributed by atoms with E-state index in [-0.39, 0.29) is 5.91 Å². The molecule has 33 heavy (non-hydrogen) atoms. The number of carbonyl (C=O) groups is 1. The van der Waals surface area contributed by atoms with E-state index in [1.165, 1.54) is 6.33 Å². The molecule has 0 N–H and O–H groups in total. The lowest BCUT2D eigenvalue weighted by Gasteiger charge is -2.45. The summed E-state index contributed by atoms with van der Waals surface area (Å²) in [4.78, 5) is 35.3. The molecule has 1 aromatic carbocycles. The fourth-order valence-electron chi connectivity index (χ4n) is 5.07. The van der Waals surface area contributed by atoms with Crippen LogP contribution in [-0.2, 0) is 4.79 Å². The van der Waals surface area contributed by atoms with Crippen LogP contribution in [0.5, 0.6) is 0 Å². The van der Waals surface area contributed by atoms with E-state index < -0.39 is 5.54 Å². The monoisotopic (exact) mass is 441 g/mol. The number of hydrogen-bond donors (Lipinski definition) is 0. The molecule has 0 aliphatic carbocycles. The molecular formula is C23H23N9O. The highest BCUT2D eigenvalue weighted by Gasteiger charge is 2.52. The van der Waals surface area contributed by atoms with Gasteiger partial charge in [0, 0.05) is 31.5 Å². The van der Waals surface area contributed by atoms with E-state index in [0.717, 1.165) is 54.4 Å². The van der Waals surface area contributed by atoms with E-state index in [9.17, 15) is 4.79 Å². The highest BCUT2D eigenvalue weighted by Crippen LogP contribution is 2.45. The lowest BCUT2D eigenvalue weighted by atomic mass is 9.89. The van der Waals surface area contributed by atoms with E-state index in [1.54, 1.807) is 28.3 Å². The molecule has 1 amide bonds. The quantitative estimate of drug-likeness (QED) is 0.480. The normalized spacial score (nSPS) is 19.6. The molecular weight excluding hydrogens is 418 g/mol. The summed E-state index contributed by atoms with van der Waals surface area (Å²) in [5.74, 6) is 2.17. The molecule has 0 radical (unpaired) electrons. The minimum atomic E-state index is -0.517. The van der Waals surface area contributed by atoms with Gasteiger partial charge in [-0.2, -0.15) is 10.1 Å². The second-order valence-electron chi connectivity index (χ2n) is 8.39. The number of nitrogens with zero attached hydrogens (tertiary/aromatic N) is 9. The first kappa shape index (κ1) is 19.6. The average molecular weight is 441 g/mol. The molecule has 0 spiro atoms. The van der Waals surface area contributed by atoms with Crippen molar-refractivity contribution in [3.05, 3.63) is 55.5 Å². The molecule has 3 aromatic heterocycles. The van der Waals surface area contributed by atoms with Gasteiger partial charge in [-0.1, -0.05) is 19.1 Å². The minimum Gasteiger partial charge on any atom is -0.340 e. The molecule has 2 aliphatic heterocycles. The smallest absolute Gasteiger partial charge is 0.252 e. The lowest BCUT2D eigenvalue weighted by Crippen LogP contribution is -2.59. The van der Waals surface area contributed by atoms with Crippen LogP contribution in [0.15, 0.2) is 55.5 Å². The molecule has 0 unspecified atom stereocenters. The van der Waals surface area contributed by atoms with Gasteiger partial charge in [-0.15, -0.1) is 0 Å². The van der Waals surface area contributed by atoms with Crippen molar-refractivity contribution in [2.75, 3.05) is 23.4 Å². The summed E-state index contributed by atoms with van der Waals surface area (Å²) in [6, 6.07) is 7.92. The Bertz CT molecular complexity index is 1350. The molecule has 166 valence electrons. The third-order valence-electron chi connectivity index (χ3n) is 6.77. The first-order valence-corrected chi connectivity index (χ1v) is 11.0. The molecule has 0 bridgehead atoms. The van der Waals surface area contributed by atoms with Crippen LogP contribution in [0.4, 0.5) is 11.5 Å². The van der Waals surface area contributed by atoms with Crippen molar-refractivity contribution in [1.82, 2.24) is 34.3 Å². The van der Waals surface area contributed by atoms with Gasteiger partial charge in [0.1, 0.15) is 29.7 Å². The summed E-state index contributed by atoms with van der Waals surface area (Å²) in [6.45, 7) is 2.89. The molecule has 1 fully saturated rings. The summed E-state index contributed by atoms with van der Waals surface area (Å²) < 4.78 is 3.58. The van der Waals surface area contributed by atoms with Crippen molar-refractivity contribution < 1.29 is 4.79 Å². The largest absolute Gasteiger partial charge is 0.340 e. The van der Waals surface area contributed by atoms with Gasteiger partial charge in [-0.25, -0.2) is 19.6 Å². The minimum absolute atomic E-state index is 0.125. The zero-order valence-electron chi connectivity index (χ0n) is 18.5. The molecule has 1 atom stereocenters. The Labute approximate surface area is 190 Å². The molecule has 4 aromatic rings. The van der Waals surface area contributed by atoms with Crippen molar-refractivity contribution in [1.29, 1.82) is 0 Å². The number of hydrogen-bond acceptors (Lipinski definition) is 7. The van der Waals surface area contributed by atoms with E-state index in [2.05, 4.69) is 31.9 Å². The zero-order valence-corrected chi connectivity index (χ0v) is 18.5. The van der Waals surface area contributed by atoms with Crippen LogP contribution < -0.4 is 9.80 Å². The molecule has 10 nitrogen and oxygen atoms in total. The molecule has 1 saturated heterocycles. The van der Waals surface area contributed by atoms with E-state index >= 15 is 0 Å². The third-order valence-corrected chi connectivity index (χ3v) is 6.77. The molecule has 10 heteroatoms. The number of imidazole rings is 1. The highest BCUT2D eigenvalue weighted by atomic mass is 16.2. The maximum atomic E-state index is 13.2. The predicted molar refractivity (Wildman–Crippen MR) is 123 cm³/mol. The third kappa shape index (κ3) is 2.80. The summed E-state index contributed by atoms with van der Waals surface area (Å²) in [5, 5.41) is 4.21. The highest BCUT2D eigenvalue weighted by molar-refractivity contribution is 6.07. The van der Waals surface area contributed by atoms with Gasteiger partial charge in [0.05, 0.1) is 11.9 Å². The number of carbonyl (C=O) groups excluding carboxylic acids is 1. The van der Waals surface area contributed by atoms with Crippen molar-refractivity contribution in [3.8, 4) is 23.0 Å². The predicted octanol–water partition coefficient (Wildman–Crippen LogP) is 2.64. The van der Waals surface area contributed by atoms with Gasteiger partial charge >= 0.3 is 0 Å². The Morgan fingerprint density at radius 2 is 2.12 bits per heavy atom. The average Bonchev–Trinajstić information content (AvgIpc) is 3.63. The van der Waals surface area contributed by atoms with Crippen LogP contribution in [0.3, 0.4) is 0 Å². The summed E-state index contributed by atoms with van der Waals surface area (Å²) in [5.41, 5.74) is 2.02. The van der Waals surface area contributed by atoms with Crippen molar-refractivity contribution >= 4 is 17.4 Å². The number of likely N-dealkylation sites (N-methyl/N-ethyl adjacent to an activating group) is 1. The number of rotatable bonds is 4. The van der Waals surface area contributed by atoms with E-state index in [4.69, 9.17) is 4.98 Å². The van der Waals surface area contributed by atoms with Gasteiger partial charge in [0.25, 0.3) is 5.91 Å². The number of anilines is 2. The maximum Gasteiger partial charge on any atom is 0.252 e. The first-order chi connectivity index (χ1) is 16.1.